The molecule has 3 rings (SSSR count). The van der Waals surface area contributed by atoms with Gasteiger partial charge in [0.25, 0.3) is 0 Å². The Morgan fingerprint density at radius 3 is 2.77 bits per heavy atom. The summed E-state index contributed by atoms with van der Waals surface area (Å²) in [7, 11) is 0. The second-order valence-corrected chi connectivity index (χ2v) is 7.79. The molecule has 0 spiro atoms. The number of piperidine rings is 1. The van der Waals surface area contributed by atoms with Gasteiger partial charge in [-0.15, -0.1) is 0 Å². The van der Waals surface area contributed by atoms with Crippen molar-refractivity contribution >= 4 is 11.8 Å². The molecule has 6 heteroatoms. The molecule has 0 unspecified atom stereocenters. The smallest absolute Gasteiger partial charge is 0.227 e. The van der Waals surface area contributed by atoms with Crippen LogP contribution in [0.5, 0.6) is 0 Å². The van der Waals surface area contributed by atoms with Crippen molar-refractivity contribution in [2.24, 2.45) is 11.8 Å². The van der Waals surface area contributed by atoms with Crippen LogP contribution in [0.1, 0.15) is 38.7 Å². The molecule has 2 aliphatic rings. The van der Waals surface area contributed by atoms with E-state index in [4.69, 9.17) is 4.74 Å². The van der Waals surface area contributed by atoms with E-state index in [9.17, 15) is 9.59 Å². The number of ether oxygens (including phenoxy) is 1. The monoisotopic (exact) mass is 359 g/mol. The van der Waals surface area contributed by atoms with E-state index in [1.165, 1.54) is 0 Å². The van der Waals surface area contributed by atoms with Crippen LogP contribution >= 0.6 is 0 Å². The number of hydrogen-bond acceptors (Lipinski definition) is 4. The van der Waals surface area contributed by atoms with Crippen molar-refractivity contribution in [1.82, 2.24) is 14.8 Å². The molecule has 2 saturated heterocycles. The molecule has 0 bridgehead atoms. The fourth-order valence-corrected chi connectivity index (χ4v) is 3.75. The zero-order chi connectivity index (χ0) is 18.5. The quantitative estimate of drug-likeness (QED) is 0.780. The topological polar surface area (TPSA) is 62.7 Å². The molecule has 1 atom stereocenters. The molecule has 0 saturated carbocycles. The zero-order valence-corrected chi connectivity index (χ0v) is 15.8. The third-order valence-electron chi connectivity index (χ3n) is 5.11. The Hall–Kier alpha value is -1.95. The summed E-state index contributed by atoms with van der Waals surface area (Å²) in [6.45, 7) is 7.50. The summed E-state index contributed by atoms with van der Waals surface area (Å²) in [5, 5.41) is 0. The fraction of sp³-hybridized carbons (Fsp3) is 0.650. The number of carbonyl (C=O) groups is 2. The first-order valence-electron chi connectivity index (χ1n) is 9.60. The van der Waals surface area contributed by atoms with Gasteiger partial charge in [-0.1, -0.05) is 19.9 Å². The van der Waals surface area contributed by atoms with E-state index in [-0.39, 0.29) is 23.8 Å². The highest BCUT2D eigenvalue weighted by molar-refractivity contribution is 5.89. The van der Waals surface area contributed by atoms with E-state index >= 15 is 0 Å². The lowest BCUT2D eigenvalue weighted by molar-refractivity contribution is -0.138. The number of aromatic nitrogens is 1. The molecule has 6 nitrogen and oxygen atoms in total. The standard InChI is InChI=1S/C20H29N3O3/c1-15(2)12-23-13-17(10-19(23)24)20(25)22-8-5-18(6-9-22)26-14-16-4-3-7-21-11-16/h3-4,7,11,15,17-18H,5-6,8-10,12-14H2,1-2H3/t17-/m1/s1. The van der Waals surface area contributed by atoms with E-state index < -0.39 is 0 Å². The zero-order valence-electron chi connectivity index (χ0n) is 15.8. The number of amides is 2. The Morgan fingerprint density at radius 1 is 1.35 bits per heavy atom. The molecule has 3 heterocycles. The van der Waals surface area contributed by atoms with Gasteiger partial charge in [-0.25, -0.2) is 0 Å². The van der Waals surface area contributed by atoms with Crippen molar-refractivity contribution in [3.05, 3.63) is 30.1 Å². The maximum Gasteiger partial charge on any atom is 0.227 e. The van der Waals surface area contributed by atoms with Crippen LogP contribution < -0.4 is 0 Å². The molecule has 0 radical (unpaired) electrons. The van der Waals surface area contributed by atoms with Crippen LogP contribution in [0.2, 0.25) is 0 Å². The van der Waals surface area contributed by atoms with Gasteiger partial charge in [-0.2, -0.15) is 0 Å². The summed E-state index contributed by atoms with van der Waals surface area (Å²) in [5.74, 6) is 0.511. The molecule has 0 aromatic carbocycles. The molecule has 0 N–H and O–H groups in total. The minimum atomic E-state index is -0.172. The minimum absolute atomic E-state index is 0.117. The summed E-state index contributed by atoms with van der Waals surface area (Å²) >= 11 is 0. The van der Waals surface area contributed by atoms with E-state index in [1.54, 1.807) is 6.20 Å². The summed E-state index contributed by atoms with van der Waals surface area (Å²) in [5.41, 5.74) is 1.07. The third kappa shape index (κ3) is 4.81. The van der Waals surface area contributed by atoms with Crippen LogP contribution in [-0.4, -0.2) is 58.9 Å². The number of rotatable bonds is 6. The molecule has 2 fully saturated rings. The van der Waals surface area contributed by atoms with Gasteiger partial charge in [0.05, 0.1) is 18.6 Å². The molecular weight excluding hydrogens is 330 g/mol. The average molecular weight is 359 g/mol. The Kier molecular flexibility index (Phi) is 6.25. The molecule has 1 aromatic rings. The largest absolute Gasteiger partial charge is 0.373 e. The highest BCUT2D eigenvalue weighted by atomic mass is 16.5. The summed E-state index contributed by atoms with van der Waals surface area (Å²) in [6.07, 6.45) is 5.82. The van der Waals surface area contributed by atoms with E-state index in [2.05, 4.69) is 18.8 Å². The molecule has 2 aliphatic heterocycles. The average Bonchev–Trinajstić information content (AvgIpc) is 3.00. The van der Waals surface area contributed by atoms with Crippen molar-refractivity contribution < 1.29 is 14.3 Å². The van der Waals surface area contributed by atoms with E-state index in [0.717, 1.165) is 24.9 Å². The number of nitrogens with zero attached hydrogens (tertiary/aromatic N) is 3. The van der Waals surface area contributed by atoms with Crippen LogP contribution in [-0.2, 0) is 20.9 Å². The van der Waals surface area contributed by atoms with Crippen molar-refractivity contribution in [3.63, 3.8) is 0 Å². The predicted molar refractivity (Wildman–Crippen MR) is 98.2 cm³/mol. The van der Waals surface area contributed by atoms with Crippen molar-refractivity contribution in [2.45, 2.75) is 45.8 Å². The molecule has 26 heavy (non-hydrogen) atoms. The van der Waals surface area contributed by atoms with Crippen LogP contribution in [0, 0.1) is 11.8 Å². The third-order valence-corrected chi connectivity index (χ3v) is 5.11. The van der Waals surface area contributed by atoms with Crippen molar-refractivity contribution in [1.29, 1.82) is 0 Å². The van der Waals surface area contributed by atoms with Gasteiger partial charge in [-0.05, 0) is 30.4 Å². The number of likely N-dealkylation sites (tertiary alicyclic amines) is 2. The van der Waals surface area contributed by atoms with Crippen LogP contribution in [0.15, 0.2) is 24.5 Å². The van der Waals surface area contributed by atoms with Gasteiger partial charge >= 0.3 is 0 Å². The minimum Gasteiger partial charge on any atom is -0.373 e. The lowest BCUT2D eigenvalue weighted by atomic mass is 10.0. The molecule has 0 aliphatic carbocycles. The predicted octanol–water partition coefficient (Wildman–Crippen LogP) is 2.09. The number of pyridine rings is 1. The maximum atomic E-state index is 12.8. The van der Waals surface area contributed by atoms with Gasteiger partial charge in [0.15, 0.2) is 0 Å². The molecule has 2 amide bonds. The van der Waals surface area contributed by atoms with E-state index in [1.807, 2.05) is 28.1 Å². The Balaban J connectivity index is 1.43. The van der Waals surface area contributed by atoms with Crippen LogP contribution in [0.25, 0.3) is 0 Å². The first-order valence-corrected chi connectivity index (χ1v) is 9.60. The highest BCUT2D eigenvalue weighted by Gasteiger charge is 2.37. The lowest BCUT2D eigenvalue weighted by Crippen LogP contribution is -2.44. The van der Waals surface area contributed by atoms with Crippen molar-refractivity contribution in [3.8, 4) is 0 Å². The molecule has 142 valence electrons. The summed E-state index contributed by atoms with van der Waals surface area (Å²) in [4.78, 5) is 32.7. The SMILES string of the molecule is CC(C)CN1C[C@H](C(=O)N2CCC(OCc3cccnc3)CC2)CC1=O. The highest BCUT2D eigenvalue weighted by Crippen LogP contribution is 2.24. The van der Waals surface area contributed by atoms with Gasteiger partial charge in [0, 0.05) is 45.0 Å². The van der Waals surface area contributed by atoms with Gasteiger partial charge in [0.2, 0.25) is 11.8 Å². The van der Waals surface area contributed by atoms with Crippen LogP contribution in [0.3, 0.4) is 0 Å². The van der Waals surface area contributed by atoms with Crippen molar-refractivity contribution in [2.75, 3.05) is 26.2 Å². The van der Waals surface area contributed by atoms with E-state index in [0.29, 0.717) is 38.6 Å². The summed E-state index contributed by atoms with van der Waals surface area (Å²) < 4.78 is 5.96. The fourth-order valence-electron chi connectivity index (χ4n) is 3.75. The van der Waals surface area contributed by atoms with Gasteiger partial charge in [0.1, 0.15) is 0 Å². The number of carbonyl (C=O) groups excluding carboxylic acids is 2. The molecule has 1 aromatic heterocycles. The Morgan fingerprint density at radius 2 is 2.12 bits per heavy atom. The van der Waals surface area contributed by atoms with Crippen LogP contribution in [0.4, 0.5) is 0 Å². The second-order valence-electron chi connectivity index (χ2n) is 7.79. The number of hydrogen-bond donors (Lipinski definition) is 0. The normalized spacial score (nSPS) is 21.7. The first-order chi connectivity index (χ1) is 12.5. The summed E-state index contributed by atoms with van der Waals surface area (Å²) in [6, 6.07) is 3.91. The Bertz CT molecular complexity index is 612. The maximum absolute atomic E-state index is 12.8. The second kappa shape index (κ2) is 8.62. The Labute approximate surface area is 155 Å². The van der Waals surface area contributed by atoms with Gasteiger partial charge in [-0.3, -0.25) is 14.6 Å². The first kappa shape index (κ1) is 18.8. The molecular formula is C20H29N3O3. The lowest BCUT2D eigenvalue weighted by Gasteiger charge is -2.33. The van der Waals surface area contributed by atoms with Gasteiger partial charge < -0.3 is 14.5 Å².